The molecule has 5 saturated carbocycles. The summed E-state index contributed by atoms with van der Waals surface area (Å²) in [6.07, 6.45) is 16.4. The standard InChI is InChI=1S/C27H41N5O/c1-31(22-5-3-2-4-6-22)16-26(33)32-8-7-23-25(15-32)29-17-30-27(23)28-14-24-20-10-18-9-19(12-20)13-21(24)11-18/h17-22,24H,2-16H2,1H3,(H,28,29,30). The molecule has 7 rings (SSSR count). The third kappa shape index (κ3) is 4.40. The Morgan fingerprint density at radius 1 is 1.06 bits per heavy atom. The SMILES string of the molecule is CN(CC(=O)N1CCc2c(ncnc2NCC2C3CC4CC(C3)CC2C4)C1)C1CCCCC1. The molecule has 5 aliphatic carbocycles. The molecule has 1 aromatic rings. The maximum Gasteiger partial charge on any atom is 0.237 e. The summed E-state index contributed by atoms with van der Waals surface area (Å²) in [7, 11) is 2.13. The second-order valence-corrected chi connectivity index (χ2v) is 11.9. The van der Waals surface area contributed by atoms with Crippen molar-refractivity contribution >= 4 is 11.7 Å². The fourth-order valence-electron chi connectivity index (χ4n) is 8.27. The average Bonchev–Trinajstić information content (AvgIpc) is 2.83. The Balaban J connectivity index is 1.06. The number of aromatic nitrogens is 2. The van der Waals surface area contributed by atoms with Gasteiger partial charge in [-0.3, -0.25) is 9.69 Å². The van der Waals surface area contributed by atoms with Gasteiger partial charge in [-0.1, -0.05) is 19.3 Å². The van der Waals surface area contributed by atoms with Crippen LogP contribution in [0.2, 0.25) is 0 Å². The van der Waals surface area contributed by atoms with Crippen molar-refractivity contribution < 1.29 is 4.79 Å². The number of carbonyl (C=O) groups is 1. The lowest BCUT2D eigenvalue weighted by Gasteiger charge is -2.54. The van der Waals surface area contributed by atoms with Gasteiger partial charge < -0.3 is 10.2 Å². The van der Waals surface area contributed by atoms with Crippen LogP contribution >= 0.6 is 0 Å². The van der Waals surface area contributed by atoms with Gasteiger partial charge in [-0.25, -0.2) is 9.97 Å². The van der Waals surface area contributed by atoms with Crippen molar-refractivity contribution in [2.75, 3.05) is 32.0 Å². The Morgan fingerprint density at radius 2 is 1.79 bits per heavy atom. The molecular formula is C27H41N5O. The van der Waals surface area contributed by atoms with Crippen molar-refractivity contribution in [2.24, 2.45) is 29.6 Å². The smallest absolute Gasteiger partial charge is 0.237 e. The molecule has 33 heavy (non-hydrogen) atoms. The van der Waals surface area contributed by atoms with E-state index in [4.69, 9.17) is 0 Å². The summed E-state index contributed by atoms with van der Waals surface area (Å²) >= 11 is 0. The molecule has 6 nitrogen and oxygen atoms in total. The summed E-state index contributed by atoms with van der Waals surface area (Å²) in [5.41, 5.74) is 2.28. The first-order valence-electron chi connectivity index (χ1n) is 13.7. The minimum Gasteiger partial charge on any atom is -0.369 e. The van der Waals surface area contributed by atoms with Gasteiger partial charge in [0, 0.05) is 24.7 Å². The van der Waals surface area contributed by atoms with Gasteiger partial charge in [0.05, 0.1) is 18.8 Å². The van der Waals surface area contributed by atoms with Crippen LogP contribution < -0.4 is 5.32 Å². The number of rotatable bonds is 6. The molecule has 1 aromatic heterocycles. The second-order valence-electron chi connectivity index (χ2n) is 11.9. The molecule has 180 valence electrons. The number of likely N-dealkylation sites (N-methyl/N-ethyl adjacent to an activating group) is 1. The summed E-state index contributed by atoms with van der Waals surface area (Å²) in [5, 5.41) is 3.76. The zero-order valence-electron chi connectivity index (χ0n) is 20.3. The van der Waals surface area contributed by atoms with Crippen molar-refractivity contribution in [2.45, 2.75) is 83.2 Å². The molecule has 4 bridgehead atoms. The molecule has 0 saturated heterocycles. The van der Waals surface area contributed by atoms with E-state index in [0.717, 1.165) is 60.6 Å². The van der Waals surface area contributed by atoms with E-state index in [1.807, 2.05) is 4.90 Å². The van der Waals surface area contributed by atoms with Crippen LogP contribution in [0.3, 0.4) is 0 Å². The highest BCUT2D eigenvalue weighted by molar-refractivity contribution is 5.78. The first-order valence-corrected chi connectivity index (χ1v) is 13.7. The lowest BCUT2D eigenvalue weighted by Crippen LogP contribution is -2.47. The molecule has 6 heteroatoms. The van der Waals surface area contributed by atoms with Crippen LogP contribution in [-0.2, 0) is 17.8 Å². The third-order valence-corrected chi connectivity index (χ3v) is 9.87. The number of anilines is 1. The number of carbonyl (C=O) groups excluding carboxylic acids is 1. The molecule has 1 amide bonds. The zero-order chi connectivity index (χ0) is 22.4. The van der Waals surface area contributed by atoms with E-state index in [1.54, 1.807) is 6.33 Å². The highest BCUT2D eigenvalue weighted by atomic mass is 16.2. The quantitative estimate of drug-likeness (QED) is 0.705. The van der Waals surface area contributed by atoms with Crippen LogP contribution in [0.15, 0.2) is 6.33 Å². The van der Waals surface area contributed by atoms with Gasteiger partial charge in [0.1, 0.15) is 12.1 Å². The van der Waals surface area contributed by atoms with Gasteiger partial charge in [0.25, 0.3) is 0 Å². The van der Waals surface area contributed by atoms with E-state index in [0.29, 0.717) is 19.1 Å². The Morgan fingerprint density at radius 3 is 2.52 bits per heavy atom. The summed E-state index contributed by atoms with van der Waals surface area (Å²) < 4.78 is 0. The van der Waals surface area contributed by atoms with E-state index in [9.17, 15) is 4.79 Å². The van der Waals surface area contributed by atoms with Crippen molar-refractivity contribution in [1.82, 2.24) is 19.8 Å². The Bertz CT molecular complexity index is 838. The van der Waals surface area contributed by atoms with Crippen molar-refractivity contribution in [3.05, 3.63) is 17.6 Å². The predicted octanol–water partition coefficient (Wildman–Crippen LogP) is 4.11. The van der Waals surface area contributed by atoms with Gasteiger partial charge in [0.2, 0.25) is 5.91 Å². The number of fused-ring (bicyclic) bond motifs is 1. The third-order valence-electron chi connectivity index (χ3n) is 9.87. The monoisotopic (exact) mass is 451 g/mol. The maximum absolute atomic E-state index is 13.0. The normalized spacial score (nSPS) is 33.4. The lowest BCUT2D eigenvalue weighted by atomic mass is 9.52. The van der Waals surface area contributed by atoms with E-state index in [2.05, 4.69) is 27.2 Å². The molecule has 0 spiro atoms. The van der Waals surface area contributed by atoms with Crippen LogP contribution in [0.4, 0.5) is 5.82 Å². The van der Waals surface area contributed by atoms with Crippen LogP contribution in [0.25, 0.3) is 0 Å². The molecule has 6 aliphatic rings. The van der Waals surface area contributed by atoms with E-state index in [1.165, 1.54) is 69.8 Å². The molecule has 5 fully saturated rings. The lowest BCUT2D eigenvalue weighted by molar-refractivity contribution is -0.133. The molecule has 0 radical (unpaired) electrons. The largest absolute Gasteiger partial charge is 0.369 e. The van der Waals surface area contributed by atoms with Gasteiger partial charge in [-0.05, 0) is 88.0 Å². The summed E-state index contributed by atoms with van der Waals surface area (Å²) in [4.78, 5) is 26.6. The number of hydrogen-bond donors (Lipinski definition) is 1. The highest BCUT2D eigenvalue weighted by Gasteiger charge is 2.47. The Labute approximate surface area is 198 Å². The van der Waals surface area contributed by atoms with Crippen LogP contribution in [-0.4, -0.2) is 58.4 Å². The van der Waals surface area contributed by atoms with Crippen molar-refractivity contribution in [3.63, 3.8) is 0 Å². The second kappa shape index (κ2) is 9.16. The van der Waals surface area contributed by atoms with Crippen LogP contribution in [0, 0.1) is 29.6 Å². The summed E-state index contributed by atoms with van der Waals surface area (Å²) in [6, 6.07) is 0.572. The van der Waals surface area contributed by atoms with Crippen molar-refractivity contribution in [3.8, 4) is 0 Å². The summed E-state index contributed by atoms with van der Waals surface area (Å²) in [6.45, 7) is 3.00. The minimum absolute atomic E-state index is 0.246. The molecule has 2 heterocycles. The molecule has 1 aliphatic heterocycles. The summed E-state index contributed by atoms with van der Waals surface area (Å²) in [5.74, 6) is 6.00. The van der Waals surface area contributed by atoms with Crippen molar-refractivity contribution in [1.29, 1.82) is 0 Å². The van der Waals surface area contributed by atoms with Crippen LogP contribution in [0.1, 0.15) is 75.5 Å². The van der Waals surface area contributed by atoms with E-state index < -0.39 is 0 Å². The number of nitrogens with zero attached hydrogens (tertiary/aromatic N) is 4. The molecule has 1 N–H and O–H groups in total. The zero-order valence-corrected chi connectivity index (χ0v) is 20.3. The number of nitrogens with one attached hydrogen (secondary N) is 1. The van der Waals surface area contributed by atoms with Gasteiger partial charge in [0.15, 0.2) is 0 Å². The van der Waals surface area contributed by atoms with E-state index >= 15 is 0 Å². The molecular weight excluding hydrogens is 410 g/mol. The van der Waals surface area contributed by atoms with E-state index in [-0.39, 0.29) is 5.91 Å². The average molecular weight is 452 g/mol. The first kappa shape index (κ1) is 21.8. The molecule has 0 atom stereocenters. The molecule has 0 unspecified atom stereocenters. The Kier molecular flexibility index (Phi) is 6.06. The van der Waals surface area contributed by atoms with Gasteiger partial charge in [-0.2, -0.15) is 0 Å². The molecule has 0 aromatic carbocycles. The Hall–Kier alpha value is -1.69. The topological polar surface area (TPSA) is 61.4 Å². The highest BCUT2D eigenvalue weighted by Crippen LogP contribution is 2.56. The van der Waals surface area contributed by atoms with Gasteiger partial charge in [-0.15, -0.1) is 0 Å². The fraction of sp³-hybridized carbons (Fsp3) is 0.815. The van der Waals surface area contributed by atoms with Crippen LogP contribution in [0.5, 0.6) is 0 Å². The minimum atomic E-state index is 0.246. The van der Waals surface area contributed by atoms with Gasteiger partial charge >= 0.3 is 0 Å². The number of hydrogen-bond acceptors (Lipinski definition) is 5. The first-order chi connectivity index (χ1) is 16.1. The number of amides is 1. The maximum atomic E-state index is 13.0. The predicted molar refractivity (Wildman–Crippen MR) is 130 cm³/mol. The fourth-order valence-corrected chi connectivity index (χ4v) is 8.27.